The summed E-state index contributed by atoms with van der Waals surface area (Å²) in [4.78, 5) is 11.5. The Bertz CT molecular complexity index is 1160. The van der Waals surface area contributed by atoms with Crippen LogP contribution in [0.25, 0.3) is 0 Å². The van der Waals surface area contributed by atoms with Gasteiger partial charge < -0.3 is 9.53 Å². The van der Waals surface area contributed by atoms with Crippen molar-refractivity contribution in [3.63, 3.8) is 0 Å². The number of carbonyl (C=O) groups is 1. The number of carboxylic acids is 1. The Labute approximate surface area is 217 Å². The molecule has 188 valence electrons. The Kier molecular flexibility index (Phi) is 7.83. The van der Waals surface area contributed by atoms with Crippen molar-refractivity contribution in [1.82, 2.24) is 0 Å². The summed E-state index contributed by atoms with van der Waals surface area (Å²) < 4.78 is 7.74. The van der Waals surface area contributed by atoms with Crippen molar-refractivity contribution < 1.29 is 14.3 Å². The Balaban J connectivity index is 1.88. The molecule has 0 radical (unpaired) electrons. The highest BCUT2D eigenvalue weighted by Gasteiger charge is 2.62. The van der Waals surface area contributed by atoms with Crippen molar-refractivity contribution in [2.45, 2.75) is 63.4 Å². The summed E-state index contributed by atoms with van der Waals surface area (Å²) in [6.07, 6.45) is 4.73. The Morgan fingerprint density at radius 1 is 0.944 bits per heavy atom. The summed E-state index contributed by atoms with van der Waals surface area (Å²) in [5.41, 5.74) is 2.84. The molecule has 5 heteroatoms. The molecule has 0 bridgehead atoms. The van der Waals surface area contributed by atoms with Gasteiger partial charge in [0.25, 0.3) is 0 Å². The van der Waals surface area contributed by atoms with Gasteiger partial charge in [0.1, 0.15) is 5.60 Å². The van der Waals surface area contributed by atoms with Crippen LogP contribution in [0, 0.1) is 0 Å². The molecular formula is C31H38O3Si2. The number of aliphatic carboxylic acids is 1. The fourth-order valence-corrected chi connectivity index (χ4v) is 22.0. The van der Waals surface area contributed by atoms with E-state index in [9.17, 15) is 9.90 Å². The van der Waals surface area contributed by atoms with Gasteiger partial charge in [-0.25, -0.2) is 4.79 Å². The van der Waals surface area contributed by atoms with Crippen LogP contribution in [0.4, 0.5) is 0 Å². The van der Waals surface area contributed by atoms with Gasteiger partial charge in [-0.1, -0.05) is 123 Å². The van der Waals surface area contributed by atoms with E-state index in [1.807, 2.05) is 6.08 Å². The normalized spacial score (nSPS) is 24.7. The van der Waals surface area contributed by atoms with Gasteiger partial charge in [0.05, 0.1) is 7.59 Å². The number of hydrogen-bond donors (Lipinski definition) is 1. The minimum absolute atomic E-state index is 0.439. The fraction of sp³-hybridized carbons (Fsp3) is 0.323. The van der Waals surface area contributed by atoms with Crippen LogP contribution >= 0.6 is 0 Å². The average Bonchev–Trinajstić information content (AvgIpc) is 2.92. The first-order chi connectivity index (χ1) is 17.3. The summed E-state index contributed by atoms with van der Waals surface area (Å²) in [5.74, 6) is -0.827. The molecule has 1 N–H and O–H groups in total. The first-order valence-corrected chi connectivity index (χ1v) is 19.2. The van der Waals surface area contributed by atoms with Gasteiger partial charge in [-0.05, 0) is 48.2 Å². The first kappa shape index (κ1) is 26.3. The van der Waals surface area contributed by atoms with Gasteiger partial charge in [-0.2, -0.15) is 0 Å². The zero-order valence-corrected chi connectivity index (χ0v) is 23.9. The fourth-order valence-electron chi connectivity index (χ4n) is 6.20. The zero-order valence-electron chi connectivity index (χ0n) is 21.9. The van der Waals surface area contributed by atoms with Gasteiger partial charge in [0.2, 0.25) is 7.83 Å². The van der Waals surface area contributed by atoms with Crippen molar-refractivity contribution in [1.29, 1.82) is 0 Å². The molecule has 0 spiro atoms. The molecule has 3 unspecified atom stereocenters. The van der Waals surface area contributed by atoms with Gasteiger partial charge >= 0.3 is 5.97 Å². The van der Waals surface area contributed by atoms with Crippen LogP contribution in [0.3, 0.4) is 0 Å². The van der Waals surface area contributed by atoms with E-state index in [0.717, 1.165) is 25.3 Å². The van der Waals surface area contributed by atoms with E-state index < -0.39 is 27.0 Å². The topological polar surface area (TPSA) is 46.5 Å². The van der Waals surface area contributed by atoms with E-state index >= 15 is 0 Å². The van der Waals surface area contributed by atoms with E-state index in [0.29, 0.717) is 11.1 Å². The first-order valence-electron chi connectivity index (χ1n) is 13.0. The summed E-state index contributed by atoms with van der Waals surface area (Å²) in [6, 6.07) is 33.5. The monoisotopic (exact) mass is 514 g/mol. The van der Waals surface area contributed by atoms with Gasteiger partial charge in [0, 0.05) is 5.57 Å². The van der Waals surface area contributed by atoms with Crippen LogP contribution in [0.15, 0.2) is 103 Å². The predicted octanol–water partition coefficient (Wildman–Crippen LogP) is 7.19. The lowest BCUT2D eigenvalue weighted by Gasteiger charge is -2.57. The van der Waals surface area contributed by atoms with Crippen molar-refractivity contribution in [2.24, 2.45) is 0 Å². The Morgan fingerprint density at radius 2 is 1.44 bits per heavy atom. The summed E-state index contributed by atoms with van der Waals surface area (Å²) >= 11 is 0. The average molecular weight is 515 g/mol. The van der Waals surface area contributed by atoms with Gasteiger partial charge in [-0.15, -0.1) is 0 Å². The number of allylic oxidation sites excluding steroid dienone is 1. The Morgan fingerprint density at radius 3 is 1.92 bits per heavy atom. The van der Waals surface area contributed by atoms with Crippen molar-refractivity contribution in [3.8, 4) is 0 Å². The van der Waals surface area contributed by atoms with Crippen LogP contribution in [0.1, 0.15) is 44.2 Å². The SMILES string of the molecule is CCC(CC=C(C)C(=O)O)[Si]1(C)CCC(c2ccccc2)(c2ccccc2)O[Si]1(C)c1ccccc1. The maximum Gasteiger partial charge on any atom is 0.330 e. The van der Waals surface area contributed by atoms with Gasteiger partial charge in [-0.3, -0.25) is 0 Å². The minimum Gasteiger partial charge on any atom is -0.478 e. The highest BCUT2D eigenvalue weighted by atomic mass is 29.3. The highest BCUT2D eigenvalue weighted by molar-refractivity contribution is 7.44. The second-order valence-electron chi connectivity index (χ2n) is 10.5. The third-order valence-electron chi connectivity index (χ3n) is 8.71. The van der Waals surface area contributed by atoms with Gasteiger partial charge in [0.15, 0.2) is 0 Å². The molecule has 3 nitrogen and oxygen atoms in total. The van der Waals surface area contributed by atoms with Crippen LogP contribution in [-0.4, -0.2) is 26.5 Å². The third-order valence-corrected chi connectivity index (χ3v) is 26.5. The van der Waals surface area contributed by atoms with Crippen molar-refractivity contribution >= 4 is 26.6 Å². The molecule has 0 saturated carbocycles. The largest absolute Gasteiger partial charge is 0.478 e. The van der Waals surface area contributed by atoms with Crippen LogP contribution < -0.4 is 5.19 Å². The third kappa shape index (κ3) is 4.67. The predicted molar refractivity (Wildman–Crippen MR) is 154 cm³/mol. The van der Waals surface area contributed by atoms with Crippen LogP contribution in [0.2, 0.25) is 24.7 Å². The zero-order chi connectivity index (χ0) is 25.8. The van der Waals surface area contributed by atoms with E-state index in [4.69, 9.17) is 4.43 Å². The number of benzene rings is 3. The lowest BCUT2D eigenvalue weighted by molar-refractivity contribution is -0.132. The Hall–Kier alpha value is -2.74. The molecule has 1 heterocycles. The number of rotatable bonds is 8. The van der Waals surface area contributed by atoms with Crippen molar-refractivity contribution in [2.75, 3.05) is 0 Å². The molecule has 3 aromatic carbocycles. The molecule has 4 rings (SSSR count). The number of carboxylic acid groups (broad SMARTS) is 1. The second kappa shape index (κ2) is 10.7. The van der Waals surface area contributed by atoms with Crippen LogP contribution in [-0.2, 0) is 14.8 Å². The standard InChI is InChI=1S/C31H38O3Si2/c1-5-28(22-21-25(2)30(32)33)35(3)24-23-31(26-15-9-6-10-16-26,27-17-11-7-12-18-27)34-36(35,4)29-19-13-8-14-20-29/h6-21,28H,5,22-24H2,1-4H3,(H,32,33). The summed E-state index contributed by atoms with van der Waals surface area (Å²) in [5, 5.41) is 10.8. The van der Waals surface area contributed by atoms with E-state index in [2.05, 4.69) is 111 Å². The van der Waals surface area contributed by atoms with Crippen molar-refractivity contribution in [3.05, 3.63) is 114 Å². The van der Waals surface area contributed by atoms with Crippen LogP contribution in [0.5, 0.6) is 0 Å². The van der Waals surface area contributed by atoms with E-state index in [-0.39, 0.29) is 0 Å². The molecule has 0 aromatic heterocycles. The molecule has 0 aliphatic carbocycles. The minimum atomic E-state index is -2.49. The lowest BCUT2D eigenvalue weighted by Crippen LogP contribution is -2.75. The highest BCUT2D eigenvalue weighted by Crippen LogP contribution is 2.52. The van der Waals surface area contributed by atoms with E-state index in [1.165, 1.54) is 16.3 Å². The number of hydrogen-bond acceptors (Lipinski definition) is 2. The summed E-state index contributed by atoms with van der Waals surface area (Å²) in [6.45, 7) is 8.97. The molecule has 1 saturated heterocycles. The lowest BCUT2D eigenvalue weighted by atomic mass is 9.84. The maximum atomic E-state index is 11.5. The maximum absolute atomic E-state index is 11.5. The molecule has 1 fully saturated rings. The summed E-state index contributed by atoms with van der Waals surface area (Å²) in [7, 11) is -4.53. The molecular weight excluding hydrogens is 477 g/mol. The molecule has 1 aliphatic rings. The molecule has 3 atom stereocenters. The molecule has 1 aliphatic heterocycles. The quantitative estimate of drug-likeness (QED) is 0.256. The van der Waals surface area contributed by atoms with E-state index in [1.54, 1.807) is 6.92 Å². The molecule has 0 amide bonds. The molecule has 36 heavy (non-hydrogen) atoms. The smallest absolute Gasteiger partial charge is 0.330 e. The molecule has 3 aromatic rings. The second-order valence-corrected chi connectivity index (χ2v) is 23.8.